The summed E-state index contributed by atoms with van der Waals surface area (Å²) in [5, 5.41) is 12.9. The van der Waals surface area contributed by atoms with Gasteiger partial charge in [0.05, 0.1) is 7.11 Å². The molecule has 0 saturated heterocycles. The Morgan fingerprint density at radius 3 is 3.00 bits per heavy atom. The second-order valence-electron chi connectivity index (χ2n) is 5.91. The van der Waals surface area contributed by atoms with Crippen molar-refractivity contribution in [2.45, 2.75) is 37.8 Å². The molecule has 0 bridgehead atoms. The maximum atomic E-state index is 9.20. The number of rotatable bonds is 4. The smallest absolute Gasteiger partial charge is 0.126 e. The highest BCUT2D eigenvalue weighted by Gasteiger charge is 2.28. The van der Waals surface area contributed by atoms with Crippen molar-refractivity contribution in [2.24, 2.45) is 5.92 Å². The molecule has 1 fully saturated rings. The van der Waals surface area contributed by atoms with E-state index in [0.717, 1.165) is 37.2 Å². The minimum absolute atomic E-state index is 0.321. The van der Waals surface area contributed by atoms with Gasteiger partial charge in [0.1, 0.15) is 18.1 Å². The van der Waals surface area contributed by atoms with E-state index in [1.54, 1.807) is 7.11 Å². The summed E-state index contributed by atoms with van der Waals surface area (Å²) in [4.78, 5) is 0. The van der Waals surface area contributed by atoms with Gasteiger partial charge in [0.15, 0.2) is 0 Å². The van der Waals surface area contributed by atoms with Crippen molar-refractivity contribution in [3.63, 3.8) is 0 Å². The van der Waals surface area contributed by atoms with Gasteiger partial charge in [-0.3, -0.25) is 0 Å². The number of aliphatic hydroxyl groups is 1. The van der Waals surface area contributed by atoms with Crippen LogP contribution in [0.4, 0.5) is 0 Å². The molecule has 4 heteroatoms. The molecule has 3 rings (SSSR count). The molecule has 2 aliphatic rings. The van der Waals surface area contributed by atoms with E-state index in [4.69, 9.17) is 9.47 Å². The molecule has 1 aliphatic heterocycles. The molecule has 1 aromatic rings. The summed E-state index contributed by atoms with van der Waals surface area (Å²) < 4.78 is 11.1. The second kappa shape index (κ2) is 6.02. The summed E-state index contributed by atoms with van der Waals surface area (Å²) >= 11 is 0. The summed E-state index contributed by atoms with van der Waals surface area (Å²) in [7, 11) is 1.67. The largest absolute Gasteiger partial charge is 0.497 e. The Morgan fingerprint density at radius 2 is 2.25 bits per heavy atom. The fraction of sp³-hybridized carbons (Fsp3) is 0.625. The monoisotopic (exact) mass is 277 g/mol. The fourth-order valence-corrected chi connectivity index (χ4v) is 3.31. The highest BCUT2D eigenvalue weighted by atomic mass is 16.5. The van der Waals surface area contributed by atoms with E-state index < -0.39 is 0 Å². The van der Waals surface area contributed by atoms with Crippen molar-refractivity contribution in [2.75, 3.05) is 20.3 Å². The third kappa shape index (κ3) is 2.91. The second-order valence-corrected chi connectivity index (χ2v) is 5.91. The van der Waals surface area contributed by atoms with Gasteiger partial charge in [-0.1, -0.05) is 6.07 Å². The lowest BCUT2D eigenvalue weighted by molar-refractivity contribution is 0.213. The van der Waals surface area contributed by atoms with Crippen molar-refractivity contribution in [1.82, 2.24) is 5.32 Å². The van der Waals surface area contributed by atoms with Crippen molar-refractivity contribution in [1.29, 1.82) is 0 Å². The van der Waals surface area contributed by atoms with Crippen LogP contribution in [0.25, 0.3) is 0 Å². The third-order valence-electron chi connectivity index (χ3n) is 4.45. The van der Waals surface area contributed by atoms with E-state index in [9.17, 15) is 5.11 Å². The Hall–Kier alpha value is -1.26. The normalized spacial score (nSPS) is 28.8. The summed E-state index contributed by atoms with van der Waals surface area (Å²) in [6.07, 6.45) is 4.38. The number of ether oxygens (including phenoxy) is 2. The number of hydrogen-bond donors (Lipinski definition) is 2. The highest BCUT2D eigenvalue weighted by molar-refractivity contribution is 5.42. The third-order valence-corrected chi connectivity index (χ3v) is 4.45. The van der Waals surface area contributed by atoms with Crippen molar-refractivity contribution in [3.05, 3.63) is 23.8 Å². The Morgan fingerprint density at radius 1 is 1.35 bits per heavy atom. The molecule has 1 saturated carbocycles. The summed E-state index contributed by atoms with van der Waals surface area (Å²) in [6.45, 7) is 1.03. The quantitative estimate of drug-likeness (QED) is 0.880. The van der Waals surface area contributed by atoms with Crippen molar-refractivity contribution < 1.29 is 14.6 Å². The molecule has 110 valence electrons. The number of nitrogens with one attached hydrogen (secondary N) is 1. The molecule has 1 aromatic carbocycles. The first-order valence-corrected chi connectivity index (χ1v) is 7.45. The maximum absolute atomic E-state index is 9.20. The number of methoxy groups -OCH3 is 1. The van der Waals surface area contributed by atoms with Gasteiger partial charge in [-0.15, -0.1) is 0 Å². The average Bonchev–Trinajstić information content (AvgIpc) is 2.94. The van der Waals surface area contributed by atoms with Crippen LogP contribution in [0.2, 0.25) is 0 Å². The minimum atomic E-state index is 0.321. The topological polar surface area (TPSA) is 50.7 Å². The Kier molecular flexibility index (Phi) is 4.13. The predicted molar refractivity (Wildman–Crippen MR) is 77.3 cm³/mol. The van der Waals surface area contributed by atoms with Gasteiger partial charge in [0.2, 0.25) is 0 Å². The van der Waals surface area contributed by atoms with Gasteiger partial charge in [-0.25, -0.2) is 0 Å². The fourth-order valence-electron chi connectivity index (χ4n) is 3.31. The molecule has 0 amide bonds. The van der Waals surface area contributed by atoms with Crippen LogP contribution in [-0.4, -0.2) is 37.5 Å². The van der Waals surface area contributed by atoms with Crippen LogP contribution < -0.4 is 14.8 Å². The molecule has 2 N–H and O–H groups in total. The van der Waals surface area contributed by atoms with Crippen LogP contribution in [0, 0.1) is 5.92 Å². The van der Waals surface area contributed by atoms with E-state index in [1.165, 1.54) is 5.56 Å². The van der Waals surface area contributed by atoms with E-state index in [1.807, 2.05) is 12.1 Å². The Balaban J connectivity index is 1.59. The van der Waals surface area contributed by atoms with Crippen molar-refractivity contribution >= 4 is 0 Å². The van der Waals surface area contributed by atoms with Crippen LogP contribution in [0.3, 0.4) is 0 Å². The minimum Gasteiger partial charge on any atom is -0.497 e. The maximum Gasteiger partial charge on any atom is 0.126 e. The van der Waals surface area contributed by atoms with Gasteiger partial charge in [0.25, 0.3) is 0 Å². The van der Waals surface area contributed by atoms with Crippen LogP contribution in [0.5, 0.6) is 11.5 Å². The zero-order valence-electron chi connectivity index (χ0n) is 12.0. The summed E-state index contributed by atoms with van der Waals surface area (Å²) in [6, 6.07) is 6.94. The molecule has 0 radical (unpaired) electrons. The Bertz CT molecular complexity index is 463. The molecule has 1 heterocycles. The molecule has 4 nitrogen and oxygen atoms in total. The lowest BCUT2D eigenvalue weighted by Crippen LogP contribution is -2.44. The first-order valence-electron chi connectivity index (χ1n) is 7.45. The predicted octanol–water partition coefficient (Wildman–Crippen LogP) is 1.75. The van der Waals surface area contributed by atoms with Crippen molar-refractivity contribution in [3.8, 4) is 11.5 Å². The van der Waals surface area contributed by atoms with Gasteiger partial charge in [0, 0.05) is 24.8 Å². The molecular weight excluding hydrogens is 254 g/mol. The van der Waals surface area contributed by atoms with E-state index in [-0.39, 0.29) is 0 Å². The first kappa shape index (κ1) is 13.7. The summed E-state index contributed by atoms with van der Waals surface area (Å²) in [5.74, 6) is 2.27. The number of fused-ring (bicyclic) bond motifs is 1. The van der Waals surface area contributed by atoms with Gasteiger partial charge in [-0.05, 0) is 43.2 Å². The summed E-state index contributed by atoms with van der Waals surface area (Å²) in [5.41, 5.74) is 1.24. The van der Waals surface area contributed by atoms with Crippen LogP contribution >= 0.6 is 0 Å². The molecular formula is C16H23NO3. The van der Waals surface area contributed by atoms with Crippen LogP contribution in [0.15, 0.2) is 18.2 Å². The molecule has 0 spiro atoms. The van der Waals surface area contributed by atoms with Crippen LogP contribution in [0.1, 0.15) is 24.8 Å². The number of benzene rings is 1. The highest BCUT2D eigenvalue weighted by Crippen LogP contribution is 2.30. The first-order chi connectivity index (χ1) is 9.78. The number of aliphatic hydroxyl groups excluding tert-OH is 1. The number of hydrogen-bond acceptors (Lipinski definition) is 4. The Labute approximate surface area is 120 Å². The lowest BCUT2D eigenvalue weighted by atomic mass is 10.0. The van der Waals surface area contributed by atoms with E-state index in [2.05, 4.69) is 11.4 Å². The van der Waals surface area contributed by atoms with Crippen LogP contribution in [-0.2, 0) is 6.42 Å². The van der Waals surface area contributed by atoms with Gasteiger partial charge < -0.3 is 19.9 Å². The molecule has 3 atom stereocenters. The van der Waals surface area contributed by atoms with Gasteiger partial charge in [-0.2, -0.15) is 0 Å². The molecule has 1 aliphatic carbocycles. The molecule has 0 aromatic heterocycles. The molecule has 20 heavy (non-hydrogen) atoms. The zero-order chi connectivity index (χ0) is 13.9. The lowest BCUT2D eigenvalue weighted by Gasteiger charge is -2.29. The van der Waals surface area contributed by atoms with Gasteiger partial charge >= 0.3 is 0 Å². The standard InChI is InChI=1S/C16H23NO3/c1-19-15-5-3-12-7-14(10-20-16(12)8-15)17-13-4-2-11(6-13)9-18/h3,5,8,11,13-14,17-18H,2,4,6-7,9-10H2,1H3/t11-,13+,14-/m1/s1. The SMILES string of the molecule is COc1ccc2c(c1)OC[C@H](N[C@H]1CC[C@@H](CO)C1)C2. The van der Waals surface area contributed by atoms with E-state index >= 15 is 0 Å². The zero-order valence-corrected chi connectivity index (χ0v) is 12.0. The van der Waals surface area contributed by atoms with E-state index in [0.29, 0.717) is 31.2 Å². The molecule has 0 unspecified atom stereocenters. The average molecular weight is 277 g/mol.